The van der Waals surface area contributed by atoms with Crippen LogP contribution in [0.5, 0.6) is 0 Å². The number of benzene rings is 1. The molecule has 3 aliphatic rings. The fourth-order valence-corrected chi connectivity index (χ4v) is 11.0. The van der Waals surface area contributed by atoms with E-state index in [1.54, 1.807) is 42.9 Å². The number of ether oxygens (including phenoxy) is 2. The van der Waals surface area contributed by atoms with Crippen LogP contribution in [0.2, 0.25) is 0 Å². The van der Waals surface area contributed by atoms with Crippen molar-refractivity contribution in [3.63, 3.8) is 0 Å². The number of aliphatic hydroxyl groups is 1. The van der Waals surface area contributed by atoms with Gasteiger partial charge in [0, 0.05) is 65.1 Å². The van der Waals surface area contributed by atoms with Crippen LogP contribution >= 0.6 is 0 Å². The molecule has 1 aliphatic carbocycles. The average Bonchev–Trinajstić information content (AvgIpc) is 4.09. The Balaban J connectivity index is 1.39. The average molecular weight is 954 g/mol. The molecular formula is C52H83N5O11. The number of likely N-dealkylation sites (N-methyl/N-ethyl adjacent to an activating group) is 1. The Bertz CT molecular complexity index is 1850. The SMILES string of the molecule is CC[C@H](C)[C@@H]([C@@H](CC(=O)N1CCC[C@H]1[C@H](OC)[C@@H](C)C(=O)C[C@H](C)[C@@H](O)c1ccccc1)OC)N(C)C(=O)[C@@H](NC(=O)[C@@H]1[C@H]2CC[C@@H](C2)N1C(=O)CCCCCNC(=O)C(C)CC(=O)O)C(C)C. The third kappa shape index (κ3) is 14.3. The zero-order valence-corrected chi connectivity index (χ0v) is 42.5. The number of methoxy groups -OCH3 is 2. The number of unbranched alkanes of at least 4 members (excludes halogenated alkanes) is 2. The molecule has 1 aromatic rings. The second-order valence-electron chi connectivity index (χ2n) is 20.4. The van der Waals surface area contributed by atoms with Crippen molar-refractivity contribution < 1.29 is 53.2 Å². The summed E-state index contributed by atoms with van der Waals surface area (Å²) >= 11 is 0. The van der Waals surface area contributed by atoms with Crippen molar-refractivity contribution in [1.82, 2.24) is 25.3 Å². The molecule has 2 bridgehead atoms. The highest BCUT2D eigenvalue weighted by molar-refractivity contribution is 5.93. The summed E-state index contributed by atoms with van der Waals surface area (Å²) in [6, 6.07) is 6.78. The molecule has 3 fully saturated rings. The summed E-state index contributed by atoms with van der Waals surface area (Å²) in [6.07, 6.45) is 4.47. The maximum absolute atomic E-state index is 14.7. The molecule has 2 heterocycles. The standard InChI is InChI=1S/C52H83N5O11/c1-11-32(4)46(41(67-9)30-43(60)56-26-18-21-39(56)49(68-10)35(7)40(58)27-33(5)48(63)36-19-14-12-15-20-36)55(8)52(66)45(31(2)3)54-51(65)47-37-23-24-38(29-37)57(47)42(59)22-16-13-17-25-53-50(64)34(6)28-44(61)62/h12,14-15,19-20,31-35,37-39,41,45-49,63H,11,13,16-18,21-30H2,1-10H3,(H,53,64)(H,54,65)(H,61,62)/t32-,33-,34?,35-,37-,38-,39-,41+,45-,46-,47-,48+,49+/m0/s1. The number of aliphatic hydroxyl groups excluding tert-OH is 1. The van der Waals surface area contributed by atoms with Gasteiger partial charge in [0.15, 0.2) is 0 Å². The van der Waals surface area contributed by atoms with Gasteiger partial charge in [-0.15, -0.1) is 0 Å². The summed E-state index contributed by atoms with van der Waals surface area (Å²) in [5.41, 5.74) is 0.752. The van der Waals surface area contributed by atoms with Gasteiger partial charge in [0.25, 0.3) is 0 Å². The maximum Gasteiger partial charge on any atom is 0.304 e. The van der Waals surface area contributed by atoms with Crippen LogP contribution in [-0.2, 0) is 43.0 Å². The van der Waals surface area contributed by atoms with Crippen LogP contribution < -0.4 is 10.6 Å². The fraction of sp³-hybridized carbons (Fsp3) is 0.750. The number of hydrogen-bond acceptors (Lipinski definition) is 10. The van der Waals surface area contributed by atoms with Crippen LogP contribution in [-0.4, -0.2) is 143 Å². The summed E-state index contributed by atoms with van der Waals surface area (Å²) in [7, 11) is 4.81. The number of fused-ring (bicyclic) bond motifs is 2. The highest BCUT2D eigenvalue weighted by Crippen LogP contribution is 2.43. The fourth-order valence-electron chi connectivity index (χ4n) is 11.0. The highest BCUT2D eigenvalue weighted by atomic mass is 16.5. The second kappa shape index (κ2) is 26.5. The molecule has 4 rings (SSSR count). The quantitative estimate of drug-likeness (QED) is 0.0766. The Hall–Kier alpha value is -4.41. The molecule has 68 heavy (non-hydrogen) atoms. The van der Waals surface area contributed by atoms with Crippen LogP contribution in [0.15, 0.2) is 30.3 Å². The van der Waals surface area contributed by atoms with Gasteiger partial charge in [-0.3, -0.25) is 33.6 Å². The molecule has 0 spiro atoms. The summed E-state index contributed by atoms with van der Waals surface area (Å²) in [6.45, 7) is 13.9. The van der Waals surface area contributed by atoms with Crippen molar-refractivity contribution in [3.8, 4) is 0 Å². The molecule has 1 unspecified atom stereocenters. The molecule has 0 radical (unpaired) electrons. The maximum atomic E-state index is 14.7. The molecule has 16 heteroatoms. The van der Waals surface area contributed by atoms with E-state index in [0.29, 0.717) is 45.2 Å². The number of amides is 5. The largest absolute Gasteiger partial charge is 0.481 e. The van der Waals surface area contributed by atoms with E-state index in [1.165, 1.54) is 0 Å². The minimum absolute atomic E-state index is 0.00586. The minimum atomic E-state index is -1.03. The number of carbonyl (C=O) groups excluding carboxylic acids is 6. The van der Waals surface area contributed by atoms with Crippen LogP contribution in [0, 0.1) is 35.5 Å². The van der Waals surface area contributed by atoms with Gasteiger partial charge in [-0.05, 0) is 74.2 Å². The molecule has 0 aromatic heterocycles. The minimum Gasteiger partial charge on any atom is -0.481 e. The Kier molecular flexibility index (Phi) is 21.9. The Morgan fingerprint density at radius 3 is 2.16 bits per heavy atom. The number of ketones is 1. The van der Waals surface area contributed by atoms with Gasteiger partial charge < -0.3 is 45.0 Å². The Labute approximate surface area is 405 Å². The van der Waals surface area contributed by atoms with E-state index in [0.717, 1.165) is 31.2 Å². The van der Waals surface area contributed by atoms with Crippen molar-refractivity contribution in [1.29, 1.82) is 0 Å². The van der Waals surface area contributed by atoms with E-state index in [1.807, 2.05) is 71.9 Å². The monoisotopic (exact) mass is 954 g/mol. The van der Waals surface area contributed by atoms with Crippen LogP contribution in [0.3, 0.4) is 0 Å². The van der Waals surface area contributed by atoms with Gasteiger partial charge in [-0.25, -0.2) is 0 Å². The third-order valence-corrected chi connectivity index (χ3v) is 15.2. The van der Waals surface area contributed by atoms with E-state index in [4.69, 9.17) is 14.6 Å². The summed E-state index contributed by atoms with van der Waals surface area (Å²) < 4.78 is 12.1. The van der Waals surface area contributed by atoms with Gasteiger partial charge in [-0.2, -0.15) is 0 Å². The predicted molar refractivity (Wildman–Crippen MR) is 258 cm³/mol. The molecule has 4 N–H and O–H groups in total. The lowest BCUT2D eigenvalue weighted by atomic mass is 9.85. The number of carboxylic acids is 1. The van der Waals surface area contributed by atoms with E-state index < -0.39 is 54.2 Å². The number of hydrogen-bond donors (Lipinski definition) is 4. The van der Waals surface area contributed by atoms with Gasteiger partial charge in [0.05, 0.1) is 43.2 Å². The lowest BCUT2D eigenvalue weighted by molar-refractivity contribution is -0.149. The second-order valence-corrected chi connectivity index (χ2v) is 20.4. The normalized spacial score (nSPS) is 22.9. The third-order valence-electron chi connectivity index (χ3n) is 15.2. The Morgan fingerprint density at radius 1 is 0.853 bits per heavy atom. The first kappa shape index (κ1) is 56.2. The number of Topliss-reactive ketones (excluding diaryl/α,β-unsaturated/α-hetero) is 1. The van der Waals surface area contributed by atoms with Crippen LogP contribution in [0.1, 0.15) is 144 Å². The lowest BCUT2D eigenvalue weighted by Crippen LogP contribution is -2.60. The first-order chi connectivity index (χ1) is 32.3. The first-order valence-corrected chi connectivity index (χ1v) is 25.3. The highest BCUT2D eigenvalue weighted by Gasteiger charge is 2.52. The molecule has 1 aromatic carbocycles. The van der Waals surface area contributed by atoms with E-state index in [-0.39, 0.29) is 96.8 Å². The van der Waals surface area contributed by atoms with Crippen LogP contribution in [0.25, 0.3) is 0 Å². The number of carbonyl (C=O) groups is 7. The molecule has 13 atom stereocenters. The Morgan fingerprint density at radius 2 is 1.54 bits per heavy atom. The zero-order valence-electron chi connectivity index (χ0n) is 42.5. The molecule has 2 aliphatic heterocycles. The molecule has 1 saturated carbocycles. The van der Waals surface area contributed by atoms with E-state index in [2.05, 4.69) is 10.6 Å². The molecule has 382 valence electrons. The predicted octanol–water partition coefficient (Wildman–Crippen LogP) is 5.54. The smallest absolute Gasteiger partial charge is 0.304 e. The van der Waals surface area contributed by atoms with Gasteiger partial charge in [-0.1, -0.05) is 91.6 Å². The van der Waals surface area contributed by atoms with E-state index >= 15 is 0 Å². The zero-order chi connectivity index (χ0) is 50.4. The van der Waals surface area contributed by atoms with Crippen molar-refractivity contribution >= 4 is 41.3 Å². The van der Waals surface area contributed by atoms with Crippen LogP contribution in [0.4, 0.5) is 0 Å². The van der Waals surface area contributed by atoms with E-state index in [9.17, 15) is 38.7 Å². The van der Waals surface area contributed by atoms with Crippen molar-refractivity contribution in [2.24, 2.45) is 35.5 Å². The molecular weight excluding hydrogens is 871 g/mol. The molecule has 16 nitrogen and oxygen atoms in total. The number of nitrogens with zero attached hydrogens (tertiary/aromatic N) is 3. The number of rotatable bonds is 28. The number of carboxylic acid groups (broad SMARTS) is 1. The number of nitrogens with one attached hydrogen (secondary N) is 2. The molecule has 5 amide bonds. The number of aliphatic carboxylic acids is 1. The van der Waals surface area contributed by atoms with Gasteiger partial charge in [0.1, 0.15) is 17.9 Å². The number of likely N-dealkylation sites (tertiary alicyclic amines) is 2. The van der Waals surface area contributed by atoms with Crippen molar-refractivity contribution in [3.05, 3.63) is 35.9 Å². The van der Waals surface area contributed by atoms with Crippen molar-refractivity contribution in [2.75, 3.05) is 34.4 Å². The summed E-state index contributed by atoms with van der Waals surface area (Å²) in [4.78, 5) is 99.1. The summed E-state index contributed by atoms with van der Waals surface area (Å²) in [5.74, 6) is -4.18. The molecule has 2 saturated heterocycles. The topological polar surface area (TPSA) is 212 Å². The van der Waals surface area contributed by atoms with Crippen molar-refractivity contribution in [2.45, 2.75) is 180 Å². The first-order valence-electron chi connectivity index (χ1n) is 25.3. The summed E-state index contributed by atoms with van der Waals surface area (Å²) in [5, 5.41) is 25.8. The van der Waals surface area contributed by atoms with Gasteiger partial charge >= 0.3 is 5.97 Å². The van der Waals surface area contributed by atoms with Gasteiger partial charge in [0.2, 0.25) is 29.5 Å². The number of piperidine rings is 1. The lowest BCUT2D eigenvalue weighted by Gasteiger charge is -2.41.